The first-order chi connectivity index (χ1) is 9.84. The number of benzene rings is 2. The molecule has 20 heavy (non-hydrogen) atoms. The van der Waals surface area contributed by atoms with E-state index in [0.717, 1.165) is 11.4 Å². The Kier molecular flexibility index (Phi) is 3.42. The van der Waals surface area contributed by atoms with Crippen LogP contribution in [0.25, 0.3) is 16.6 Å². The van der Waals surface area contributed by atoms with Crippen molar-refractivity contribution >= 4 is 22.3 Å². The lowest BCUT2D eigenvalue weighted by Gasteiger charge is -2.09. The van der Waals surface area contributed by atoms with Gasteiger partial charge in [0.2, 0.25) is 0 Å². The maximum Gasteiger partial charge on any atom is 0.0539 e. The molecule has 2 N–H and O–H groups in total. The number of aromatic nitrogens is 1. The Labute approximate surface area is 118 Å². The molecule has 0 bridgehead atoms. The van der Waals surface area contributed by atoms with E-state index in [1.807, 2.05) is 36.5 Å². The van der Waals surface area contributed by atoms with Gasteiger partial charge in [-0.25, -0.2) is 0 Å². The van der Waals surface area contributed by atoms with Crippen molar-refractivity contribution in [2.75, 3.05) is 5.43 Å². The van der Waals surface area contributed by atoms with E-state index >= 15 is 0 Å². The van der Waals surface area contributed by atoms with Crippen LogP contribution in [-0.4, -0.2) is 4.57 Å². The predicted octanol–water partition coefficient (Wildman–Crippen LogP) is 4.08. The zero-order valence-corrected chi connectivity index (χ0v) is 11.4. The standard InChI is InChI=1S/C17H17N3/c1-14(13-18-19-16-8-3-2-4-9-16)20-12-11-15-7-5-6-10-17(15)20/h2-13,18-19H,1H3/b14-13+. The minimum absolute atomic E-state index is 1.04. The van der Waals surface area contributed by atoms with Gasteiger partial charge in [-0.05, 0) is 36.6 Å². The van der Waals surface area contributed by atoms with Crippen LogP contribution in [0.15, 0.2) is 73.1 Å². The third-order valence-electron chi connectivity index (χ3n) is 3.25. The van der Waals surface area contributed by atoms with Crippen molar-refractivity contribution in [2.24, 2.45) is 0 Å². The summed E-state index contributed by atoms with van der Waals surface area (Å²) in [7, 11) is 0. The molecule has 2 aromatic carbocycles. The Bertz CT molecular complexity index is 726. The van der Waals surface area contributed by atoms with Crippen molar-refractivity contribution in [3.05, 3.63) is 73.1 Å². The third kappa shape index (κ3) is 2.52. The van der Waals surface area contributed by atoms with Gasteiger partial charge in [-0.2, -0.15) is 0 Å². The molecule has 0 aliphatic heterocycles. The van der Waals surface area contributed by atoms with Crippen LogP contribution in [0.1, 0.15) is 6.92 Å². The number of nitrogens with zero attached hydrogens (tertiary/aromatic N) is 1. The molecule has 3 aromatic rings. The van der Waals surface area contributed by atoms with E-state index in [4.69, 9.17) is 0 Å². The highest BCUT2D eigenvalue weighted by Gasteiger charge is 2.00. The summed E-state index contributed by atoms with van der Waals surface area (Å²) in [6.45, 7) is 2.08. The van der Waals surface area contributed by atoms with E-state index in [2.05, 4.69) is 58.9 Å². The molecular weight excluding hydrogens is 246 g/mol. The van der Waals surface area contributed by atoms with Crippen molar-refractivity contribution in [1.82, 2.24) is 9.99 Å². The molecule has 0 aliphatic carbocycles. The van der Waals surface area contributed by atoms with E-state index < -0.39 is 0 Å². The number of rotatable bonds is 4. The van der Waals surface area contributed by atoms with E-state index in [1.165, 1.54) is 10.9 Å². The summed E-state index contributed by atoms with van der Waals surface area (Å²) >= 11 is 0. The van der Waals surface area contributed by atoms with E-state index in [9.17, 15) is 0 Å². The zero-order chi connectivity index (χ0) is 13.8. The van der Waals surface area contributed by atoms with Gasteiger partial charge < -0.3 is 15.4 Å². The summed E-state index contributed by atoms with van der Waals surface area (Å²) in [6, 6.07) is 20.5. The molecule has 0 unspecified atom stereocenters. The average molecular weight is 263 g/mol. The average Bonchev–Trinajstić information content (AvgIpc) is 2.92. The number of hydrogen-bond donors (Lipinski definition) is 2. The molecule has 0 spiro atoms. The van der Waals surface area contributed by atoms with Gasteiger partial charge in [0.25, 0.3) is 0 Å². The van der Waals surface area contributed by atoms with Gasteiger partial charge in [0.15, 0.2) is 0 Å². The van der Waals surface area contributed by atoms with Crippen LogP contribution in [0.5, 0.6) is 0 Å². The minimum Gasteiger partial charge on any atom is -0.319 e. The molecule has 0 radical (unpaired) electrons. The lowest BCUT2D eigenvalue weighted by molar-refractivity contribution is 1.03. The normalized spacial score (nSPS) is 11.6. The van der Waals surface area contributed by atoms with Gasteiger partial charge in [0.1, 0.15) is 0 Å². The van der Waals surface area contributed by atoms with Gasteiger partial charge in [0, 0.05) is 18.1 Å². The fourth-order valence-electron chi connectivity index (χ4n) is 2.21. The summed E-state index contributed by atoms with van der Waals surface area (Å²) in [5.74, 6) is 0. The van der Waals surface area contributed by atoms with Crippen LogP contribution >= 0.6 is 0 Å². The summed E-state index contributed by atoms with van der Waals surface area (Å²) in [6.07, 6.45) is 4.04. The van der Waals surface area contributed by atoms with E-state index in [1.54, 1.807) is 0 Å². The largest absolute Gasteiger partial charge is 0.319 e. The maximum atomic E-state index is 3.15. The smallest absolute Gasteiger partial charge is 0.0539 e. The molecule has 0 aliphatic rings. The van der Waals surface area contributed by atoms with Crippen LogP contribution in [0, 0.1) is 0 Å². The third-order valence-corrected chi connectivity index (χ3v) is 3.25. The van der Waals surface area contributed by atoms with Gasteiger partial charge in [-0.3, -0.25) is 0 Å². The Hall–Kier alpha value is -2.68. The van der Waals surface area contributed by atoms with Gasteiger partial charge in [-0.1, -0.05) is 36.4 Å². The fraction of sp³-hybridized carbons (Fsp3) is 0.0588. The van der Waals surface area contributed by atoms with E-state index in [-0.39, 0.29) is 0 Å². The molecule has 1 aromatic heterocycles. The van der Waals surface area contributed by atoms with Gasteiger partial charge in [0.05, 0.1) is 11.2 Å². The Morgan fingerprint density at radius 3 is 2.55 bits per heavy atom. The van der Waals surface area contributed by atoms with Crippen LogP contribution in [-0.2, 0) is 0 Å². The molecule has 0 saturated carbocycles. The molecule has 0 saturated heterocycles. The molecule has 3 heteroatoms. The Morgan fingerprint density at radius 2 is 1.70 bits per heavy atom. The van der Waals surface area contributed by atoms with Crippen LogP contribution < -0.4 is 10.9 Å². The number of hydrazine groups is 1. The van der Waals surface area contributed by atoms with Crippen LogP contribution in [0.4, 0.5) is 5.69 Å². The first kappa shape index (κ1) is 12.4. The summed E-state index contributed by atoms with van der Waals surface area (Å²) in [5.41, 5.74) is 9.63. The molecule has 0 fully saturated rings. The number of hydrogen-bond acceptors (Lipinski definition) is 2. The second-order valence-corrected chi connectivity index (χ2v) is 4.67. The Morgan fingerprint density at radius 1 is 0.950 bits per heavy atom. The molecule has 1 heterocycles. The van der Waals surface area contributed by atoms with Gasteiger partial charge >= 0.3 is 0 Å². The number of fused-ring (bicyclic) bond motifs is 1. The Balaban J connectivity index is 1.75. The highest BCUT2D eigenvalue weighted by Crippen LogP contribution is 2.18. The van der Waals surface area contributed by atoms with Crippen molar-refractivity contribution < 1.29 is 0 Å². The van der Waals surface area contributed by atoms with Crippen LogP contribution in [0.3, 0.4) is 0 Å². The lowest BCUT2D eigenvalue weighted by Crippen LogP contribution is -2.15. The van der Waals surface area contributed by atoms with Gasteiger partial charge in [-0.15, -0.1) is 0 Å². The quantitative estimate of drug-likeness (QED) is 0.694. The minimum atomic E-state index is 1.04. The summed E-state index contributed by atoms with van der Waals surface area (Å²) < 4.78 is 2.16. The number of nitrogens with one attached hydrogen (secondary N) is 2. The summed E-state index contributed by atoms with van der Waals surface area (Å²) in [4.78, 5) is 0. The lowest BCUT2D eigenvalue weighted by atomic mass is 10.2. The molecule has 3 rings (SSSR count). The highest BCUT2D eigenvalue weighted by molar-refractivity contribution is 5.83. The number of allylic oxidation sites excluding steroid dienone is 1. The topological polar surface area (TPSA) is 29.0 Å². The first-order valence-electron chi connectivity index (χ1n) is 6.64. The molecular formula is C17H17N3. The molecule has 100 valence electrons. The second kappa shape index (κ2) is 5.53. The number of para-hydroxylation sites is 2. The predicted molar refractivity (Wildman–Crippen MR) is 85.1 cm³/mol. The first-order valence-corrected chi connectivity index (χ1v) is 6.64. The van der Waals surface area contributed by atoms with Crippen molar-refractivity contribution in [1.29, 1.82) is 0 Å². The van der Waals surface area contributed by atoms with E-state index in [0.29, 0.717) is 0 Å². The van der Waals surface area contributed by atoms with Crippen LogP contribution in [0.2, 0.25) is 0 Å². The van der Waals surface area contributed by atoms with Crippen molar-refractivity contribution in [3.8, 4) is 0 Å². The monoisotopic (exact) mass is 263 g/mol. The highest BCUT2D eigenvalue weighted by atomic mass is 15.3. The zero-order valence-electron chi connectivity index (χ0n) is 11.4. The van der Waals surface area contributed by atoms with Crippen molar-refractivity contribution in [3.63, 3.8) is 0 Å². The SMILES string of the molecule is C/C(=C\NNc1ccccc1)n1ccc2ccccc21. The van der Waals surface area contributed by atoms with Crippen molar-refractivity contribution in [2.45, 2.75) is 6.92 Å². The molecule has 3 nitrogen and oxygen atoms in total. The molecule has 0 atom stereocenters. The fourth-order valence-corrected chi connectivity index (χ4v) is 2.21. The molecule has 0 amide bonds. The summed E-state index contributed by atoms with van der Waals surface area (Å²) in [5, 5.41) is 1.25. The second-order valence-electron chi connectivity index (χ2n) is 4.67. The maximum absolute atomic E-state index is 3.15. The number of anilines is 1.